The molecule has 1 aromatic carbocycles. The molecule has 0 radical (unpaired) electrons. The molecule has 0 saturated heterocycles. The van der Waals surface area contributed by atoms with Gasteiger partial charge in [0.05, 0.1) is 12.5 Å². The molecule has 2 N–H and O–H groups in total. The molecule has 1 saturated carbocycles. The lowest BCUT2D eigenvalue weighted by Crippen LogP contribution is -2.45. The van der Waals surface area contributed by atoms with Gasteiger partial charge in [0.1, 0.15) is 17.9 Å². The third-order valence-corrected chi connectivity index (χ3v) is 5.36. The van der Waals surface area contributed by atoms with Crippen LogP contribution in [-0.2, 0) is 16.1 Å². The average molecular weight is 386 g/mol. The molecular formula is C22H31N3O3. The fourth-order valence-corrected chi connectivity index (χ4v) is 3.77. The monoisotopic (exact) mass is 385 g/mol. The van der Waals surface area contributed by atoms with Crippen LogP contribution in [0.1, 0.15) is 50.9 Å². The van der Waals surface area contributed by atoms with Crippen LogP contribution in [0.5, 0.6) is 0 Å². The second kappa shape index (κ2) is 9.62. The van der Waals surface area contributed by atoms with Crippen molar-refractivity contribution in [2.24, 2.45) is 10.9 Å². The van der Waals surface area contributed by atoms with E-state index in [1.54, 1.807) is 0 Å². The van der Waals surface area contributed by atoms with E-state index in [2.05, 4.69) is 30.5 Å². The molecule has 1 aromatic heterocycles. The van der Waals surface area contributed by atoms with Crippen molar-refractivity contribution in [3.05, 3.63) is 35.6 Å². The first-order valence-corrected chi connectivity index (χ1v) is 10.3. The summed E-state index contributed by atoms with van der Waals surface area (Å²) in [6, 6.07) is 8.39. The summed E-state index contributed by atoms with van der Waals surface area (Å²) in [4.78, 5) is 16.6. The normalized spacial score (nSPS) is 20.2. The summed E-state index contributed by atoms with van der Waals surface area (Å²) in [5.74, 6) is 1.67. The molecule has 2 aromatic rings. The van der Waals surface area contributed by atoms with E-state index in [1.165, 1.54) is 0 Å². The lowest BCUT2D eigenvalue weighted by atomic mass is 9.86. The fourth-order valence-electron chi connectivity index (χ4n) is 3.77. The summed E-state index contributed by atoms with van der Waals surface area (Å²) in [7, 11) is 0. The smallest absolute Gasteiger partial charge is 0.308 e. The Balaban J connectivity index is 1.60. The minimum Gasteiger partial charge on any atom is -0.466 e. The number of nitrogens with zero attached hydrogens (tertiary/aromatic N) is 1. The van der Waals surface area contributed by atoms with Crippen molar-refractivity contribution in [1.82, 2.24) is 10.6 Å². The summed E-state index contributed by atoms with van der Waals surface area (Å²) >= 11 is 0. The number of ether oxygens (including phenoxy) is 1. The SMILES string of the molecule is CCNC(=NCc1oc2ccccc2c1C)NC1CCC(C(=O)OCC)CC1. The Kier molecular flexibility index (Phi) is 6.95. The minimum absolute atomic E-state index is 0.0377. The van der Waals surface area contributed by atoms with E-state index < -0.39 is 0 Å². The van der Waals surface area contributed by atoms with Gasteiger partial charge in [-0.1, -0.05) is 18.2 Å². The number of benzene rings is 1. The van der Waals surface area contributed by atoms with Crippen LogP contribution in [0.15, 0.2) is 33.7 Å². The minimum atomic E-state index is -0.0538. The van der Waals surface area contributed by atoms with Gasteiger partial charge in [0, 0.05) is 23.5 Å². The number of guanidine groups is 1. The molecule has 1 heterocycles. The number of carbonyl (C=O) groups is 1. The number of nitrogens with one attached hydrogen (secondary N) is 2. The van der Waals surface area contributed by atoms with E-state index in [0.717, 1.165) is 60.5 Å². The van der Waals surface area contributed by atoms with Crippen LogP contribution in [-0.4, -0.2) is 31.1 Å². The second-order valence-electron chi connectivity index (χ2n) is 7.29. The van der Waals surface area contributed by atoms with Gasteiger partial charge in [-0.2, -0.15) is 0 Å². The fraction of sp³-hybridized carbons (Fsp3) is 0.545. The molecule has 1 aliphatic carbocycles. The van der Waals surface area contributed by atoms with Gasteiger partial charge in [0.15, 0.2) is 5.96 Å². The highest BCUT2D eigenvalue weighted by molar-refractivity contribution is 5.82. The van der Waals surface area contributed by atoms with E-state index in [4.69, 9.17) is 14.1 Å². The Hall–Kier alpha value is -2.50. The number of esters is 1. The van der Waals surface area contributed by atoms with Gasteiger partial charge in [-0.3, -0.25) is 4.79 Å². The first-order chi connectivity index (χ1) is 13.6. The van der Waals surface area contributed by atoms with Crippen molar-refractivity contribution in [3.63, 3.8) is 0 Å². The maximum atomic E-state index is 11.9. The molecule has 1 aliphatic rings. The number of fused-ring (bicyclic) bond motifs is 1. The quantitative estimate of drug-likeness (QED) is 0.448. The lowest BCUT2D eigenvalue weighted by Gasteiger charge is -2.29. The largest absolute Gasteiger partial charge is 0.466 e. The maximum Gasteiger partial charge on any atom is 0.308 e. The van der Waals surface area contributed by atoms with Gasteiger partial charge >= 0.3 is 5.97 Å². The van der Waals surface area contributed by atoms with Crippen molar-refractivity contribution in [3.8, 4) is 0 Å². The van der Waals surface area contributed by atoms with E-state index in [1.807, 2.05) is 25.1 Å². The summed E-state index contributed by atoms with van der Waals surface area (Å²) in [6.45, 7) is 7.73. The highest BCUT2D eigenvalue weighted by Crippen LogP contribution is 2.26. The van der Waals surface area contributed by atoms with Gasteiger partial charge in [-0.15, -0.1) is 0 Å². The predicted molar refractivity (Wildman–Crippen MR) is 111 cm³/mol. The third-order valence-electron chi connectivity index (χ3n) is 5.36. The molecule has 6 nitrogen and oxygen atoms in total. The molecule has 0 bridgehead atoms. The van der Waals surface area contributed by atoms with Crippen LogP contribution in [0.2, 0.25) is 0 Å². The number of aryl methyl sites for hydroxylation is 1. The van der Waals surface area contributed by atoms with Gasteiger partial charge in [0.25, 0.3) is 0 Å². The standard InChI is InChI=1S/C22H31N3O3/c1-4-23-22(25-17-12-10-16(11-13-17)21(26)27-5-2)24-14-20-15(3)18-8-6-7-9-19(18)28-20/h6-9,16-17H,4-5,10-14H2,1-3H3,(H2,23,24,25). The van der Waals surface area contributed by atoms with E-state index in [-0.39, 0.29) is 11.9 Å². The number of aliphatic imine (C=N–C) groups is 1. The molecule has 1 fully saturated rings. The van der Waals surface area contributed by atoms with Gasteiger partial charge in [-0.05, 0) is 52.5 Å². The van der Waals surface area contributed by atoms with Gasteiger partial charge in [-0.25, -0.2) is 4.99 Å². The molecular weight excluding hydrogens is 354 g/mol. The average Bonchev–Trinajstić information content (AvgIpc) is 3.03. The summed E-state index contributed by atoms with van der Waals surface area (Å²) < 4.78 is 11.1. The molecule has 0 spiro atoms. The summed E-state index contributed by atoms with van der Waals surface area (Å²) in [5.41, 5.74) is 2.05. The third kappa shape index (κ3) is 4.86. The molecule has 28 heavy (non-hydrogen) atoms. The number of hydrogen-bond acceptors (Lipinski definition) is 4. The van der Waals surface area contributed by atoms with Gasteiger partial charge in [0.2, 0.25) is 0 Å². The van der Waals surface area contributed by atoms with Crippen LogP contribution in [0.3, 0.4) is 0 Å². The van der Waals surface area contributed by atoms with Crippen molar-refractivity contribution in [1.29, 1.82) is 0 Å². The van der Waals surface area contributed by atoms with Crippen molar-refractivity contribution >= 4 is 22.9 Å². The molecule has 0 amide bonds. The van der Waals surface area contributed by atoms with E-state index >= 15 is 0 Å². The van der Waals surface area contributed by atoms with Crippen LogP contribution in [0, 0.1) is 12.8 Å². The summed E-state index contributed by atoms with van der Waals surface area (Å²) in [6.07, 6.45) is 3.60. The first-order valence-electron chi connectivity index (χ1n) is 10.3. The Bertz CT molecular complexity index is 820. The summed E-state index contributed by atoms with van der Waals surface area (Å²) in [5, 5.41) is 7.97. The maximum absolute atomic E-state index is 11.9. The van der Waals surface area contributed by atoms with Crippen LogP contribution in [0.4, 0.5) is 0 Å². The van der Waals surface area contributed by atoms with Crippen molar-refractivity contribution in [2.45, 2.75) is 59.0 Å². The zero-order chi connectivity index (χ0) is 19.9. The van der Waals surface area contributed by atoms with E-state index in [0.29, 0.717) is 19.2 Å². The highest BCUT2D eigenvalue weighted by Gasteiger charge is 2.27. The highest BCUT2D eigenvalue weighted by atomic mass is 16.5. The topological polar surface area (TPSA) is 75.9 Å². The number of rotatable bonds is 6. The molecule has 0 atom stereocenters. The van der Waals surface area contributed by atoms with Crippen LogP contribution < -0.4 is 10.6 Å². The van der Waals surface area contributed by atoms with Crippen LogP contribution in [0.25, 0.3) is 11.0 Å². The Morgan fingerprint density at radius 1 is 1.21 bits per heavy atom. The molecule has 6 heteroatoms. The molecule has 0 unspecified atom stereocenters. The zero-order valence-electron chi connectivity index (χ0n) is 17.1. The first kappa shape index (κ1) is 20.2. The number of carbonyl (C=O) groups excluding carboxylic acids is 1. The van der Waals surface area contributed by atoms with E-state index in [9.17, 15) is 4.79 Å². The molecule has 0 aliphatic heterocycles. The predicted octanol–water partition coefficient (Wildman–Crippen LogP) is 3.92. The Morgan fingerprint density at radius 2 is 1.96 bits per heavy atom. The zero-order valence-corrected chi connectivity index (χ0v) is 17.1. The Morgan fingerprint density at radius 3 is 2.64 bits per heavy atom. The number of hydrogen-bond donors (Lipinski definition) is 2. The number of para-hydroxylation sites is 1. The van der Waals surface area contributed by atoms with Crippen molar-refractivity contribution < 1.29 is 13.9 Å². The molecule has 3 rings (SSSR count). The second-order valence-corrected chi connectivity index (χ2v) is 7.29. The molecule has 152 valence electrons. The van der Waals surface area contributed by atoms with Crippen molar-refractivity contribution in [2.75, 3.05) is 13.2 Å². The van der Waals surface area contributed by atoms with Gasteiger partial charge < -0.3 is 19.8 Å². The lowest BCUT2D eigenvalue weighted by molar-refractivity contribution is -0.149. The number of furan rings is 1. The Labute approximate surface area is 166 Å². The van der Waals surface area contributed by atoms with Crippen LogP contribution >= 0.6 is 0 Å².